The minimum absolute atomic E-state index is 0. The third kappa shape index (κ3) is 9.17. The number of rotatable bonds is 8. The highest BCUT2D eigenvalue weighted by Crippen LogP contribution is 2.16. The first-order valence-electron chi connectivity index (χ1n) is 6.57. The van der Waals surface area contributed by atoms with Gasteiger partial charge in [-0.3, -0.25) is 0 Å². The van der Waals surface area contributed by atoms with Gasteiger partial charge in [0.2, 0.25) is 0 Å². The largest absolute Gasteiger partial charge is 0.497 e. The topological polar surface area (TPSA) is 68.9 Å². The SMILES string of the molecule is C=C(C)CN=C(N)NCCCOc1ccc(OC)cc1.I. The van der Waals surface area contributed by atoms with Gasteiger partial charge in [0.05, 0.1) is 20.3 Å². The molecule has 0 aliphatic carbocycles. The lowest BCUT2D eigenvalue weighted by molar-refractivity contribution is 0.310. The molecule has 1 rings (SSSR count). The molecule has 0 radical (unpaired) electrons. The molecule has 0 fully saturated rings. The van der Waals surface area contributed by atoms with Crippen molar-refractivity contribution in [3.63, 3.8) is 0 Å². The van der Waals surface area contributed by atoms with E-state index in [-0.39, 0.29) is 24.0 Å². The van der Waals surface area contributed by atoms with E-state index in [9.17, 15) is 0 Å². The summed E-state index contributed by atoms with van der Waals surface area (Å²) in [6, 6.07) is 7.51. The third-order valence-electron chi connectivity index (χ3n) is 2.47. The maximum atomic E-state index is 5.69. The zero-order valence-corrected chi connectivity index (χ0v) is 14.9. The fourth-order valence-electron chi connectivity index (χ4n) is 1.43. The summed E-state index contributed by atoms with van der Waals surface area (Å²) in [6.07, 6.45) is 0.843. The van der Waals surface area contributed by atoms with E-state index in [0.29, 0.717) is 19.1 Å². The van der Waals surface area contributed by atoms with Crippen molar-refractivity contribution in [2.24, 2.45) is 10.7 Å². The summed E-state index contributed by atoms with van der Waals surface area (Å²) in [7, 11) is 1.64. The number of nitrogens with two attached hydrogens (primary N) is 1. The van der Waals surface area contributed by atoms with Gasteiger partial charge >= 0.3 is 0 Å². The molecular formula is C15H24IN3O2. The molecule has 0 aliphatic rings. The van der Waals surface area contributed by atoms with Crippen molar-refractivity contribution < 1.29 is 9.47 Å². The summed E-state index contributed by atoms with van der Waals surface area (Å²) in [5.41, 5.74) is 6.67. The van der Waals surface area contributed by atoms with Crippen LogP contribution in [0.2, 0.25) is 0 Å². The molecule has 0 unspecified atom stereocenters. The van der Waals surface area contributed by atoms with Crippen LogP contribution in [0.5, 0.6) is 11.5 Å². The van der Waals surface area contributed by atoms with Crippen LogP contribution in [0.1, 0.15) is 13.3 Å². The fraction of sp³-hybridized carbons (Fsp3) is 0.400. The fourth-order valence-corrected chi connectivity index (χ4v) is 1.43. The Bertz CT molecular complexity index is 447. The maximum absolute atomic E-state index is 5.69. The Kier molecular flexibility index (Phi) is 10.5. The van der Waals surface area contributed by atoms with Crippen LogP contribution in [-0.4, -0.2) is 32.8 Å². The number of nitrogens with zero attached hydrogens (tertiary/aromatic N) is 1. The van der Waals surface area contributed by atoms with E-state index >= 15 is 0 Å². The summed E-state index contributed by atoms with van der Waals surface area (Å²) in [6.45, 7) is 7.58. The Balaban J connectivity index is 0.00000400. The predicted molar refractivity (Wildman–Crippen MR) is 97.8 cm³/mol. The van der Waals surface area contributed by atoms with Crippen LogP contribution in [-0.2, 0) is 0 Å². The minimum Gasteiger partial charge on any atom is -0.497 e. The average molecular weight is 405 g/mol. The Hall–Kier alpha value is -1.44. The molecule has 1 aromatic carbocycles. The summed E-state index contributed by atoms with van der Waals surface area (Å²) >= 11 is 0. The van der Waals surface area contributed by atoms with Crippen LogP contribution >= 0.6 is 24.0 Å². The second-order valence-electron chi connectivity index (χ2n) is 4.46. The molecule has 0 atom stereocenters. The molecule has 0 bridgehead atoms. The van der Waals surface area contributed by atoms with Gasteiger partial charge in [0.1, 0.15) is 11.5 Å². The molecule has 5 nitrogen and oxygen atoms in total. The number of ether oxygens (including phenoxy) is 2. The number of nitrogens with one attached hydrogen (secondary N) is 1. The van der Waals surface area contributed by atoms with Crippen LogP contribution in [0.25, 0.3) is 0 Å². The number of halogens is 1. The van der Waals surface area contributed by atoms with Crippen molar-refractivity contribution in [3.05, 3.63) is 36.4 Å². The number of benzene rings is 1. The molecule has 0 amide bonds. The summed E-state index contributed by atoms with van der Waals surface area (Å²) in [4.78, 5) is 4.13. The number of methoxy groups -OCH3 is 1. The van der Waals surface area contributed by atoms with E-state index in [1.165, 1.54) is 0 Å². The third-order valence-corrected chi connectivity index (χ3v) is 2.47. The highest BCUT2D eigenvalue weighted by Gasteiger charge is 1.96. The first kappa shape index (κ1) is 19.6. The van der Waals surface area contributed by atoms with Crippen LogP contribution in [0.3, 0.4) is 0 Å². The van der Waals surface area contributed by atoms with Gasteiger partial charge in [-0.2, -0.15) is 0 Å². The van der Waals surface area contributed by atoms with Gasteiger partial charge in [0, 0.05) is 6.54 Å². The first-order valence-corrected chi connectivity index (χ1v) is 6.57. The van der Waals surface area contributed by atoms with E-state index in [1.807, 2.05) is 31.2 Å². The van der Waals surface area contributed by atoms with E-state index in [0.717, 1.165) is 30.0 Å². The second kappa shape index (κ2) is 11.2. The number of hydrogen-bond donors (Lipinski definition) is 2. The molecule has 0 saturated heterocycles. The van der Waals surface area contributed by atoms with Crippen LogP contribution in [0, 0.1) is 0 Å². The Morgan fingerprint density at radius 1 is 1.29 bits per heavy atom. The Morgan fingerprint density at radius 2 is 1.90 bits per heavy atom. The molecule has 6 heteroatoms. The van der Waals surface area contributed by atoms with Crippen molar-refractivity contribution in [1.29, 1.82) is 0 Å². The van der Waals surface area contributed by atoms with Crippen molar-refractivity contribution in [1.82, 2.24) is 5.32 Å². The number of aliphatic imine (C=N–C) groups is 1. The molecule has 118 valence electrons. The lowest BCUT2D eigenvalue weighted by atomic mass is 10.3. The van der Waals surface area contributed by atoms with Crippen molar-refractivity contribution in [3.8, 4) is 11.5 Å². The van der Waals surface area contributed by atoms with E-state index in [4.69, 9.17) is 15.2 Å². The molecule has 0 heterocycles. The molecule has 0 saturated carbocycles. The zero-order chi connectivity index (χ0) is 14.8. The van der Waals surface area contributed by atoms with Crippen LogP contribution < -0.4 is 20.5 Å². The second-order valence-corrected chi connectivity index (χ2v) is 4.46. The monoisotopic (exact) mass is 405 g/mol. The standard InChI is InChI=1S/C15H23N3O2.HI/c1-12(2)11-18-15(16)17-9-4-10-20-14-7-5-13(19-3)6-8-14;/h5-8H,1,4,9-11H2,2-3H3,(H3,16,17,18);1H. The number of hydrogen-bond acceptors (Lipinski definition) is 3. The van der Waals surface area contributed by atoms with E-state index in [2.05, 4.69) is 16.9 Å². The van der Waals surface area contributed by atoms with Crippen molar-refractivity contribution >= 4 is 29.9 Å². The molecule has 0 aliphatic heterocycles. The Morgan fingerprint density at radius 3 is 2.48 bits per heavy atom. The van der Waals surface area contributed by atoms with E-state index < -0.39 is 0 Å². The minimum atomic E-state index is 0. The summed E-state index contributed by atoms with van der Waals surface area (Å²) in [5, 5.41) is 3.03. The Labute approximate surface area is 143 Å². The van der Waals surface area contributed by atoms with Gasteiger partial charge in [0.15, 0.2) is 5.96 Å². The van der Waals surface area contributed by atoms with Gasteiger partial charge in [0.25, 0.3) is 0 Å². The lowest BCUT2D eigenvalue weighted by Gasteiger charge is -2.08. The molecule has 0 aromatic heterocycles. The quantitative estimate of drug-likeness (QED) is 0.229. The van der Waals surface area contributed by atoms with Gasteiger partial charge < -0.3 is 20.5 Å². The highest BCUT2D eigenvalue weighted by atomic mass is 127. The highest BCUT2D eigenvalue weighted by molar-refractivity contribution is 14.0. The van der Waals surface area contributed by atoms with Gasteiger partial charge in [-0.25, -0.2) is 4.99 Å². The predicted octanol–water partition coefficient (Wildman–Crippen LogP) is 2.56. The average Bonchev–Trinajstić information content (AvgIpc) is 2.45. The van der Waals surface area contributed by atoms with Crippen molar-refractivity contribution in [2.45, 2.75) is 13.3 Å². The summed E-state index contributed by atoms with van der Waals surface area (Å²) in [5.74, 6) is 2.09. The summed E-state index contributed by atoms with van der Waals surface area (Å²) < 4.78 is 10.7. The van der Waals surface area contributed by atoms with Gasteiger partial charge in [-0.05, 0) is 37.6 Å². The van der Waals surface area contributed by atoms with E-state index in [1.54, 1.807) is 7.11 Å². The molecule has 0 spiro atoms. The molecule has 1 aromatic rings. The molecule has 21 heavy (non-hydrogen) atoms. The maximum Gasteiger partial charge on any atom is 0.188 e. The molecule has 3 N–H and O–H groups in total. The first-order chi connectivity index (χ1) is 9.61. The smallest absolute Gasteiger partial charge is 0.188 e. The van der Waals surface area contributed by atoms with Crippen molar-refractivity contribution in [2.75, 3.05) is 26.8 Å². The molecular weight excluding hydrogens is 381 g/mol. The van der Waals surface area contributed by atoms with Crippen LogP contribution in [0.15, 0.2) is 41.4 Å². The van der Waals surface area contributed by atoms with Gasteiger partial charge in [-0.15, -0.1) is 24.0 Å². The zero-order valence-electron chi connectivity index (χ0n) is 12.6. The number of guanidine groups is 1. The van der Waals surface area contributed by atoms with Gasteiger partial charge in [-0.1, -0.05) is 12.2 Å². The normalized spacial score (nSPS) is 10.5. The van der Waals surface area contributed by atoms with Crippen LogP contribution in [0.4, 0.5) is 0 Å². The lowest BCUT2D eigenvalue weighted by Crippen LogP contribution is -2.33.